The summed E-state index contributed by atoms with van der Waals surface area (Å²) in [7, 11) is 0. The molecule has 28 heavy (non-hydrogen) atoms. The molecule has 0 radical (unpaired) electrons. The Bertz CT molecular complexity index is 980. The molecule has 0 unspecified atom stereocenters. The smallest absolute Gasteiger partial charge is 0.145 e. The summed E-state index contributed by atoms with van der Waals surface area (Å²) in [4.78, 5) is 5.51. The minimum absolute atomic E-state index is 0.0548. The summed E-state index contributed by atoms with van der Waals surface area (Å²) in [5.41, 5.74) is 4.55. The summed E-state index contributed by atoms with van der Waals surface area (Å²) in [6, 6.07) is 21.2. The van der Waals surface area contributed by atoms with Crippen LogP contribution in [0.25, 0.3) is 0 Å². The van der Waals surface area contributed by atoms with Crippen LogP contribution in [0.5, 0.6) is 0 Å². The van der Waals surface area contributed by atoms with Crippen LogP contribution in [0.3, 0.4) is 0 Å². The van der Waals surface area contributed by atoms with E-state index in [1.807, 2.05) is 0 Å². The van der Waals surface area contributed by atoms with Crippen LogP contribution in [0.4, 0.5) is 8.78 Å². The topological polar surface area (TPSA) is 21.6 Å². The SMILES string of the molecule is Cc1ccc([C@H]2C[C@H]2/C(=N\OCc2ccccc2F)c2ccc(F)cc2)cc1. The van der Waals surface area contributed by atoms with Gasteiger partial charge in [0.15, 0.2) is 0 Å². The highest BCUT2D eigenvalue weighted by Crippen LogP contribution is 2.49. The number of benzene rings is 3. The van der Waals surface area contributed by atoms with Crippen molar-refractivity contribution in [2.75, 3.05) is 0 Å². The molecule has 4 heteroatoms. The van der Waals surface area contributed by atoms with Crippen molar-refractivity contribution >= 4 is 5.71 Å². The van der Waals surface area contributed by atoms with Crippen molar-refractivity contribution in [2.24, 2.45) is 11.1 Å². The van der Waals surface area contributed by atoms with Crippen molar-refractivity contribution in [3.63, 3.8) is 0 Å². The van der Waals surface area contributed by atoms with E-state index in [9.17, 15) is 8.78 Å². The van der Waals surface area contributed by atoms with Crippen LogP contribution in [0.1, 0.15) is 34.6 Å². The lowest BCUT2D eigenvalue weighted by molar-refractivity contribution is 0.127. The number of hydrogen-bond acceptors (Lipinski definition) is 2. The lowest BCUT2D eigenvalue weighted by atomic mass is 10.0. The maximum atomic E-state index is 13.8. The first-order valence-corrected chi connectivity index (χ1v) is 9.37. The first-order valence-electron chi connectivity index (χ1n) is 9.37. The standard InChI is InChI=1S/C24H21F2NO/c1-16-6-8-17(9-7-16)21-14-22(21)24(18-10-12-20(25)13-11-18)27-28-15-19-4-2-3-5-23(19)26/h2-13,21-22H,14-15H2,1H3/b27-24-/t21-,22-/m1/s1. The van der Waals surface area contributed by atoms with E-state index in [1.165, 1.54) is 29.3 Å². The molecule has 1 aliphatic carbocycles. The Kier molecular flexibility index (Phi) is 5.20. The molecule has 2 nitrogen and oxygen atoms in total. The van der Waals surface area contributed by atoms with Gasteiger partial charge in [0.2, 0.25) is 0 Å². The van der Waals surface area contributed by atoms with Crippen LogP contribution >= 0.6 is 0 Å². The van der Waals surface area contributed by atoms with Crippen LogP contribution in [0.15, 0.2) is 78.0 Å². The number of halogens is 2. The zero-order valence-corrected chi connectivity index (χ0v) is 15.6. The third-order valence-corrected chi connectivity index (χ3v) is 5.13. The van der Waals surface area contributed by atoms with E-state index in [2.05, 4.69) is 36.3 Å². The highest BCUT2D eigenvalue weighted by Gasteiger charge is 2.43. The molecule has 0 bridgehead atoms. The van der Waals surface area contributed by atoms with Gasteiger partial charge in [-0.05, 0) is 48.6 Å². The van der Waals surface area contributed by atoms with Crippen LogP contribution in [0.2, 0.25) is 0 Å². The monoisotopic (exact) mass is 377 g/mol. The lowest BCUT2D eigenvalue weighted by Gasteiger charge is -2.08. The highest BCUT2D eigenvalue weighted by molar-refractivity contribution is 6.04. The summed E-state index contributed by atoms with van der Waals surface area (Å²) in [5, 5.41) is 4.34. The zero-order chi connectivity index (χ0) is 19.5. The van der Waals surface area contributed by atoms with Gasteiger partial charge < -0.3 is 4.84 Å². The van der Waals surface area contributed by atoms with Gasteiger partial charge in [-0.15, -0.1) is 0 Å². The quantitative estimate of drug-likeness (QED) is 0.381. The Morgan fingerprint density at radius 3 is 2.39 bits per heavy atom. The van der Waals surface area contributed by atoms with Gasteiger partial charge in [-0.25, -0.2) is 8.78 Å². The number of rotatable bonds is 6. The number of hydrogen-bond donors (Lipinski definition) is 0. The number of nitrogens with zero attached hydrogens (tertiary/aromatic N) is 1. The van der Waals surface area contributed by atoms with Gasteiger partial charge in [0.05, 0.1) is 5.71 Å². The molecule has 4 rings (SSSR count). The van der Waals surface area contributed by atoms with Gasteiger partial charge in [0.1, 0.15) is 18.2 Å². The van der Waals surface area contributed by atoms with Crippen molar-refractivity contribution in [2.45, 2.75) is 25.9 Å². The second-order valence-electron chi connectivity index (χ2n) is 7.21. The van der Waals surface area contributed by atoms with Crippen LogP contribution in [-0.2, 0) is 11.4 Å². The zero-order valence-electron chi connectivity index (χ0n) is 15.6. The van der Waals surface area contributed by atoms with E-state index in [0.717, 1.165) is 17.7 Å². The summed E-state index contributed by atoms with van der Waals surface area (Å²) < 4.78 is 27.1. The molecule has 142 valence electrons. The van der Waals surface area contributed by atoms with E-state index in [4.69, 9.17) is 4.84 Å². The van der Waals surface area contributed by atoms with E-state index >= 15 is 0 Å². The summed E-state index contributed by atoms with van der Waals surface area (Å²) in [6.07, 6.45) is 0.961. The van der Waals surface area contributed by atoms with Crippen molar-refractivity contribution in [3.05, 3.63) is 107 Å². The molecule has 0 spiro atoms. The summed E-state index contributed by atoms with van der Waals surface area (Å²) in [5.74, 6) is -0.0403. The molecule has 0 heterocycles. The first-order chi connectivity index (χ1) is 13.6. The van der Waals surface area contributed by atoms with Crippen LogP contribution < -0.4 is 0 Å². The van der Waals surface area contributed by atoms with E-state index < -0.39 is 0 Å². The Balaban J connectivity index is 1.55. The predicted molar refractivity (Wildman–Crippen MR) is 106 cm³/mol. The average Bonchev–Trinajstić information content (AvgIpc) is 3.49. The van der Waals surface area contributed by atoms with Gasteiger partial charge in [-0.3, -0.25) is 0 Å². The molecule has 2 atom stereocenters. The third kappa shape index (κ3) is 4.11. The average molecular weight is 377 g/mol. The molecule has 1 fully saturated rings. The highest BCUT2D eigenvalue weighted by atomic mass is 19.1. The molecule has 1 aliphatic rings. The molecule has 1 saturated carbocycles. The van der Waals surface area contributed by atoms with E-state index in [1.54, 1.807) is 30.3 Å². The van der Waals surface area contributed by atoms with Crippen molar-refractivity contribution in [1.29, 1.82) is 0 Å². The van der Waals surface area contributed by atoms with Crippen LogP contribution in [-0.4, -0.2) is 5.71 Å². The maximum Gasteiger partial charge on any atom is 0.145 e. The Labute approximate surface area is 163 Å². The van der Waals surface area contributed by atoms with Gasteiger partial charge >= 0.3 is 0 Å². The third-order valence-electron chi connectivity index (χ3n) is 5.13. The molecule has 0 aromatic heterocycles. The molecular weight excluding hydrogens is 356 g/mol. The van der Waals surface area contributed by atoms with E-state index in [0.29, 0.717) is 11.5 Å². The second-order valence-corrected chi connectivity index (χ2v) is 7.21. The van der Waals surface area contributed by atoms with Crippen molar-refractivity contribution in [3.8, 4) is 0 Å². The Hall–Kier alpha value is -3.01. The fourth-order valence-electron chi connectivity index (χ4n) is 3.42. The number of aryl methyl sites for hydroxylation is 1. The van der Waals surface area contributed by atoms with Gasteiger partial charge in [0, 0.05) is 11.5 Å². The summed E-state index contributed by atoms with van der Waals surface area (Å²) >= 11 is 0. The Morgan fingerprint density at radius 1 is 0.964 bits per heavy atom. The van der Waals surface area contributed by atoms with Crippen molar-refractivity contribution < 1.29 is 13.6 Å². The van der Waals surface area contributed by atoms with Gasteiger partial charge in [0.25, 0.3) is 0 Å². The minimum Gasteiger partial charge on any atom is -0.391 e. The maximum absolute atomic E-state index is 13.8. The summed E-state index contributed by atoms with van der Waals surface area (Å²) in [6.45, 7) is 2.12. The largest absolute Gasteiger partial charge is 0.391 e. The first kappa shape index (κ1) is 18.4. The molecular formula is C24H21F2NO. The van der Waals surface area contributed by atoms with E-state index in [-0.39, 0.29) is 24.2 Å². The fraction of sp³-hybridized carbons (Fsp3) is 0.208. The Morgan fingerprint density at radius 2 is 1.68 bits per heavy atom. The van der Waals surface area contributed by atoms with Gasteiger partial charge in [-0.1, -0.05) is 65.3 Å². The molecule has 0 aliphatic heterocycles. The minimum atomic E-state index is -0.315. The predicted octanol–water partition coefficient (Wildman–Crippen LogP) is 6.00. The molecule has 3 aromatic rings. The second kappa shape index (κ2) is 7.93. The van der Waals surface area contributed by atoms with Crippen LogP contribution in [0, 0.1) is 24.5 Å². The lowest BCUT2D eigenvalue weighted by Crippen LogP contribution is -2.07. The molecule has 0 amide bonds. The normalized spacial score (nSPS) is 18.8. The molecule has 0 N–H and O–H groups in total. The molecule has 3 aromatic carbocycles. The fourth-order valence-corrected chi connectivity index (χ4v) is 3.42. The molecule has 0 saturated heterocycles. The van der Waals surface area contributed by atoms with Crippen molar-refractivity contribution in [1.82, 2.24) is 0 Å². The number of oxime groups is 1. The van der Waals surface area contributed by atoms with Gasteiger partial charge in [-0.2, -0.15) is 0 Å².